The van der Waals surface area contributed by atoms with Crippen LogP contribution < -0.4 is 5.14 Å². The van der Waals surface area contributed by atoms with Crippen LogP contribution in [0.3, 0.4) is 0 Å². The van der Waals surface area contributed by atoms with E-state index in [4.69, 9.17) is 5.14 Å². The fourth-order valence-corrected chi connectivity index (χ4v) is 7.40. The average Bonchev–Trinajstić information content (AvgIpc) is 2.64. The summed E-state index contributed by atoms with van der Waals surface area (Å²) in [6, 6.07) is 17.0. The number of hydrogen-bond donors (Lipinski definition) is 2. The molecule has 0 bridgehead atoms. The number of hydrogen-bond acceptors (Lipinski definition) is 4. The third-order valence-electron chi connectivity index (χ3n) is 4.71. The second kappa shape index (κ2) is 7.40. The van der Waals surface area contributed by atoms with E-state index in [0.717, 1.165) is 0 Å². The molecule has 0 fully saturated rings. The zero-order valence-electron chi connectivity index (χ0n) is 15.0. The Morgan fingerprint density at radius 2 is 1.10 bits per heavy atom. The van der Waals surface area contributed by atoms with E-state index in [1.807, 2.05) is 0 Å². The molecule has 0 aromatic heterocycles. The standard InChI is InChI=1S/C20H13Br2NO5S2/c21-15-9-11-5-1-3-7-13(11)17(19(15)29(23,24)25)18-14-8-4-2-6-12(14)10-16(22)20(18)30(26,27)28/h1-10H,(H2,23,24,25)(H,26,27,28). The van der Waals surface area contributed by atoms with E-state index >= 15 is 0 Å². The summed E-state index contributed by atoms with van der Waals surface area (Å²) >= 11 is 6.50. The first-order valence-corrected chi connectivity index (χ1v) is 13.0. The maximum Gasteiger partial charge on any atom is 0.296 e. The van der Waals surface area contributed by atoms with Gasteiger partial charge in [0.1, 0.15) is 9.79 Å². The van der Waals surface area contributed by atoms with Gasteiger partial charge in [-0.2, -0.15) is 8.42 Å². The summed E-state index contributed by atoms with van der Waals surface area (Å²) in [5, 5.41) is 7.78. The summed E-state index contributed by atoms with van der Waals surface area (Å²) in [5.41, 5.74) is 0.136. The first-order chi connectivity index (χ1) is 14.0. The molecule has 6 nitrogen and oxygen atoms in total. The smallest absolute Gasteiger partial charge is 0.282 e. The molecule has 10 heteroatoms. The maximum atomic E-state index is 12.6. The number of halogens is 2. The SMILES string of the molecule is NS(=O)(=O)c1c(Br)cc2ccccc2c1-c1c(S(=O)(=O)O)c(Br)cc2ccccc12. The van der Waals surface area contributed by atoms with Crippen LogP contribution in [0.15, 0.2) is 79.4 Å². The largest absolute Gasteiger partial charge is 0.296 e. The van der Waals surface area contributed by atoms with E-state index in [1.54, 1.807) is 60.7 Å². The highest BCUT2D eigenvalue weighted by Crippen LogP contribution is 2.46. The second-order valence-electron chi connectivity index (χ2n) is 6.59. The van der Waals surface area contributed by atoms with Crippen molar-refractivity contribution in [3.63, 3.8) is 0 Å². The minimum Gasteiger partial charge on any atom is -0.282 e. The van der Waals surface area contributed by atoms with Crippen LogP contribution in [0.4, 0.5) is 0 Å². The van der Waals surface area contributed by atoms with E-state index < -0.39 is 25.0 Å². The van der Waals surface area contributed by atoms with Gasteiger partial charge >= 0.3 is 0 Å². The zero-order valence-corrected chi connectivity index (χ0v) is 19.8. The van der Waals surface area contributed by atoms with Crippen LogP contribution in [0.25, 0.3) is 32.7 Å². The van der Waals surface area contributed by atoms with Crippen molar-refractivity contribution in [1.82, 2.24) is 0 Å². The van der Waals surface area contributed by atoms with Crippen molar-refractivity contribution in [3.8, 4) is 11.1 Å². The lowest BCUT2D eigenvalue weighted by atomic mass is 9.93. The average molecular weight is 571 g/mol. The topological polar surface area (TPSA) is 115 Å². The highest BCUT2D eigenvalue weighted by molar-refractivity contribution is 9.10. The lowest BCUT2D eigenvalue weighted by molar-refractivity contribution is 0.483. The van der Waals surface area contributed by atoms with Gasteiger partial charge in [-0.3, -0.25) is 4.55 Å². The van der Waals surface area contributed by atoms with Gasteiger partial charge in [0, 0.05) is 20.1 Å². The summed E-state index contributed by atoms with van der Waals surface area (Å²) < 4.78 is 60.3. The molecule has 0 aliphatic carbocycles. The van der Waals surface area contributed by atoms with Crippen LogP contribution >= 0.6 is 31.9 Å². The summed E-state index contributed by atoms with van der Waals surface area (Å²) in [7, 11) is -9.03. The number of primary sulfonamides is 1. The van der Waals surface area contributed by atoms with Gasteiger partial charge in [-0.15, -0.1) is 0 Å². The first kappa shape index (κ1) is 21.4. The molecule has 0 radical (unpaired) electrons. The quantitative estimate of drug-likeness (QED) is 0.333. The number of rotatable bonds is 3. The van der Waals surface area contributed by atoms with Crippen LogP contribution in [-0.4, -0.2) is 21.4 Å². The Balaban J connectivity index is 2.42. The molecule has 0 saturated carbocycles. The predicted molar refractivity (Wildman–Crippen MR) is 123 cm³/mol. The molecule has 4 rings (SSSR count). The van der Waals surface area contributed by atoms with E-state index in [0.29, 0.717) is 21.5 Å². The molecule has 0 saturated heterocycles. The Labute approximate surface area is 189 Å². The molecule has 0 aliphatic rings. The van der Waals surface area contributed by atoms with Gasteiger partial charge < -0.3 is 0 Å². The van der Waals surface area contributed by atoms with Crippen molar-refractivity contribution in [2.45, 2.75) is 9.79 Å². The molecule has 0 aliphatic heterocycles. The van der Waals surface area contributed by atoms with Crippen molar-refractivity contribution in [3.05, 3.63) is 69.6 Å². The lowest BCUT2D eigenvalue weighted by Gasteiger charge is -2.19. The molecule has 0 atom stereocenters. The fraction of sp³-hybridized carbons (Fsp3) is 0. The summed E-state index contributed by atoms with van der Waals surface area (Å²) in [4.78, 5) is -0.705. The Hall–Kier alpha value is -1.82. The molecule has 154 valence electrons. The number of benzene rings is 4. The van der Waals surface area contributed by atoms with Crippen LogP contribution in [0, 0.1) is 0 Å². The van der Waals surface area contributed by atoms with Crippen molar-refractivity contribution < 1.29 is 21.4 Å². The second-order valence-corrected chi connectivity index (χ2v) is 11.2. The van der Waals surface area contributed by atoms with Crippen molar-refractivity contribution >= 4 is 73.5 Å². The van der Waals surface area contributed by atoms with Gasteiger partial charge in [-0.1, -0.05) is 48.5 Å². The van der Waals surface area contributed by atoms with E-state index in [2.05, 4.69) is 31.9 Å². The fourth-order valence-electron chi connectivity index (χ4n) is 3.62. The van der Waals surface area contributed by atoms with E-state index in [1.165, 1.54) is 0 Å². The normalized spacial score (nSPS) is 12.5. The van der Waals surface area contributed by atoms with Crippen molar-refractivity contribution in [1.29, 1.82) is 0 Å². The molecular weight excluding hydrogens is 558 g/mol. The predicted octanol–water partition coefficient (Wildman–Crippen LogP) is 5.08. The molecule has 0 spiro atoms. The molecule has 0 heterocycles. The highest BCUT2D eigenvalue weighted by Gasteiger charge is 2.30. The molecule has 4 aromatic rings. The number of fused-ring (bicyclic) bond motifs is 2. The highest BCUT2D eigenvalue weighted by atomic mass is 79.9. The first-order valence-electron chi connectivity index (χ1n) is 8.43. The van der Waals surface area contributed by atoms with Crippen LogP contribution in [-0.2, 0) is 20.1 Å². The van der Waals surface area contributed by atoms with Gasteiger partial charge in [0.2, 0.25) is 10.0 Å². The molecule has 30 heavy (non-hydrogen) atoms. The minimum atomic E-state index is -4.75. The Bertz CT molecular complexity index is 1450. The van der Waals surface area contributed by atoms with Crippen LogP contribution in [0.1, 0.15) is 0 Å². The molecule has 4 aromatic carbocycles. The number of sulfonamides is 1. The minimum absolute atomic E-state index is 0.0454. The third kappa shape index (κ3) is 3.57. The van der Waals surface area contributed by atoms with Gasteiger partial charge in [0.15, 0.2) is 0 Å². The van der Waals surface area contributed by atoms with Gasteiger partial charge in [-0.05, 0) is 65.5 Å². The zero-order chi connectivity index (χ0) is 21.8. The van der Waals surface area contributed by atoms with Crippen molar-refractivity contribution in [2.24, 2.45) is 5.14 Å². The van der Waals surface area contributed by atoms with Gasteiger partial charge in [0.25, 0.3) is 10.1 Å². The summed E-state index contributed by atoms with van der Waals surface area (Å²) in [6.07, 6.45) is 0. The molecular formula is C20H13Br2NO5S2. The Morgan fingerprint density at radius 3 is 1.53 bits per heavy atom. The monoisotopic (exact) mass is 569 g/mol. The Kier molecular flexibility index (Phi) is 5.28. The van der Waals surface area contributed by atoms with Gasteiger partial charge in [0.05, 0.1) is 0 Å². The van der Waals surface area contributed by atoms with Crippen LogP contribution in [0.2, 0.25) is 0 Å². The maximum absolute atomic E-state index is 12.6. The third-order valence-corrected chi connectivity index (χ3v) is 8.41. The lowest BCUT2D eigenvalue weighted by Crippen LogP contribution is -2.15. The van der Waals surface area contributed by atoms with Crippen LogP contribution in [0.5, 0.6) is 0 Å². The Morgan fingerprint density at radius 1 is 0.700 bits per heavy atom. The summed E-state index contributed by atoms with van der Waals surface area (Å²) in [6.45, 7) is 0. The summed E-state index contributed by atoms with van der Waals surface area (Å²) in [5.74, 6) is 0. The van der Waals surface area contributed by atoms with Crippen molar-refractivity contribution in [2.75, 3.05) is 0 Å². The van der Waals surface area contributed by atoms with Gasteiger partial charge in [-0.25, -0.2) is 13.6 Å². The number of nitrogens with two attached hydrogens (primary N) is 1. The molecule has 0 amide bonds. The molecule has 3 N–H and O–H groups in total. The van der Waals surface area contributed by atoms with E-state index in [-0.39, 0.29) is 25.0 Å². The molecule has 0 unspecified atom stereocenters. The van der Waals surface area contributed by atoms with E-state index in [9.17, 15) is 21.4 Å².